The number of amides is 1. The molecule has 0 bridgehead atoms. The van der Waals surface area contributed by atoms with Gasteiger partial charge in [-0.3, -0.25) is 24.6 Å². The van der Waals surface area contributed by atoms with Gasteiger partial charge in [0.15, 0.2) is 17.3 Å². The number of alkyl halides is 3. The van der Waals surface area contributed by atoms with Crippen molar-refractivity contribution < 1.29 is 27.5 Å². The Kier molecular flexibility index (Phi) is 8.76. The molecule has 0 saturated heterocycles. The van der Waals surface area contributed by atoms with Crippen LogP contribution in [0.1, 0.15) is 63.6 Å². The van der Waals surface area contributed by atoms with Crippen molar-refractivity contribution in [3.8, 4) is 22.6 Å². The van der Waals surface area contributed by atoms with Gasteiger partial charge in [0.25, 0.3) is 5.91 Å². The number of rotatable bonds is 10. The summed E-state index contributed by atoms with van der Waals surface area (Å²) in [6.07, 6.45) is -2.38. The Balaban J connectivity index is 1.38. The lowest BCUT2D eigenvalue weighted by Gasteiger charge is -2.35. The normalized spacial score (nSPS) is 19.4. The van der Waals surface area contributed by atoms with E-state index >= 15 is 0 Å². The number of hydrogen-bond donors (Lipinski definition) is 2. The standard InChI is InChI=1S/C35H35ClF3N7O3/c1-32(2,3)19-34(23-10-7-21(8-11-23)26-6-4-5-15-41-26)30(48)46(31(40)44-34)27(18-49-28(47)17-33(13-14-33)35(37,38)39)22-9-12-25(36)24(16-22)29-42-20-43-45-29/h4-12,15-16,20,27H,13-14,17-19H2,1-3H3,(H2,40,44)(H,42,43,45)/t27-,34-/m1/s1. The molecule has 49 heavy (non-hydrogen) atoms. The van der Waals surface area contributed by atoms with E-state index in [2.05, 4.69) is 20.2 Å². The number of carbonyl (C=O) groups is 2. The molecule has 0 radical (unpaired) electrons. The fraction of sp³-hybridized carbons (Fsp3) is 0.371. The highest BCUT2D eigenvalue weighted by molar-refractivity contribution is 6.33. The van der Waals surface area contributed by atoms with Crippen LogP contribution in [0.2, 0.25) is 5.02 Å². The van der Waals surface area contributed by atoms with E-state index in [-0.39, 0.29) is 25.2 Å². The molecule has 14 heteroatoms. The molecule has 4 aromatic rings. The largest absolute Gasteiger partial charge is 0.463 e. The highest BCUT2D eigenvalue weighted by Gasteiger charge is 2.64. The fourth-order valence-electron chi connectivity index (χ4n) is 6.32. The number of nitrogens with zero attached hydrogens (tertiary/aromatic N) is 5. The number of aromatic amines is 1. The first-order valence-corrected chi connectivity index (χ1v) is 16.1. The number of carbonyl (C=O) groups excluding carboxylic acids is 2. The van der Waals surface area contributed by atoms with E-state index in [1.807, 2.05) is 63.2 Å². The van der Waals surface area contributed by atoms with Gasteiger partial charge in [-0.2, -0.15) is 18.3 Å². The van der Waals surface area contributed by atoms with E-state index in [4.69, 9.17) is 27.1 Å². The van der Waals surface area contributed by atoms with Crippen LogP contribution in [0.3, 0.4) is 0 Å². The van der Waals surface area contributed by atoms with Gasteiger partial charge < -0.3 is 10.5 Å². The molecule has 1 fully saturated rings. The summed E-state index contributed by atoms with van der Waals surface area (Å²) in [7, 11) is 0. The average molecular weight is 694 g/mol. The molecule has 2 aromatic carbocycles. The predicted molar refractivity (Wildman–Crippen MR) is 177 cm³/mol. The lowest BCUT2D eigenvalue weighted by molar-refractivity contribution is -0.195. The minimum absolute atomic E-state index is 0.130. The Morgan fingerprint density at radius 2 is 1.82 bits per heavy atom. The molecule has 1 aliphatic carbocycles. The number of aromatic nitrogens is 4. The number of H-pyrrole nitrogens is 1. The Labute approximate surface area is 285 Å². The number of esters is 1. The van der Waals surface area contributed by atoms with E-state index in [1.165, 1.54) is 11.2 Å². The van der Waals surface area contributed by atoms with E-state index in [1.54, 1.807) is 24.4 Å². The zero-order valence-corrected chi connectivity index (χ0v) is 27.8. The number of nitrogens with one attached hydrogen (secondary N) is 1. The molecular formula is C35H35ClF3N7O3. The lowest BCUT2D eigenvalue weighted by Crippen LogP contribution is -2.47. The third-order valence-corrected chi connectivity index (χ3v) is 9.26. The molecule has 2 aliphatic rings. The van der Waals surface area contributed by atoms with Gasteiger partial charge in [-0.1, -0.05) is 68.8 Å². The molecule has 2 atom stereocenters. The van der Waals surface area contributed by atoms with Crippen molar-refractivity contribution in [2.45, 2.75) is 64.2 Å². The second kappa shape index (κ2) is 12.6. The monoisotopic (exact) mass is 693 g/mol. The number of halogens is 4. The van der Waals surface area contributed by atoms with Crippen LogP contribution in [0.25, 0.3) is 22.6 Å². The molecule has 0 unspecified atom stereocenters. The van der Waals surface area contributed by atoms with Crippen LogP contribution in [0.4, 0.5) is 13.2 Å². The summed E-state index contributed by atoms with van der Waals surface area (Å²) >= 11 is 6.50. The maximum absolute atomic E-state index is 14.9. The Morgan fingerprint density at radius 3 is 2.41 bits per heavy atom. The van der Waals surface area contributed by atoms with Crippen LogP contribution in [0, 0.1) is 10.8 Å². The molecule has 10 nitrogen and oxygen atoms in total. The second-order valence-corrected chi connectivity index (χ2v) is 14.2. The highest BCUT2D eigenvalue weighted by atomic mass is 35.5. The number of nitrogens with two attached hydrogens (primary N) is 1. The SMILES string of the molecule is CC(C)(C)C[C@]1(c2ccc(-c3ccccn3)cc2)N=C(N)N([C@H](COC(=O)CC2(C(F)(F)F)CC2)c2ccc(Cl)c(-c3ncn[nH]3)c2)C1=O. The fourth-order valence-corrected chi connectivity index (χ4v) is 6.53. The maximum atomic E-state index is 14.9. The van der Waals surface area contributed by atoms with Gasteiger partial charge in [-0.15, -0.1) is 0 Å². The van der Waals surface area contributed by atoms with Gasteiger partial charge in [0.2, 0.25) is 0 Å². The third kappa shape index (κ3) is 6.76. The van der Waals surface area contributed by atoms with Crippen LogP contribution in [0.15, 0.2) is 78.2 Å². The molecule has 0 spiro atoms. The van der Waals surface area contributed by atoms with Crippen LogP contribution >= 0.6 is 11.6 Å². The molecular weight excluding hydrogens is 659 g/mol. The summed E-state index contributed by atoms with van der Waals surface area (Å²) in [4.78, 5) is 42.4. The van der Waals surface area contributed by atoms with Crippen molar-refractivity contribution in [3.05, 3.63) is 89.3 Å². The van der Waals surface area contributed by atoms with E-state index < -0.39 is 53.5 Å². The van der Waals surface area contributed by atoms with Gasteiger partial charge in [-0.05, 0) is 60.1 Å². The summed E-state index contributed by atoms with van der Waals surface area (Å²) in [6, 6.07) is 16.7. The number of aliphatic imine (C=N–C) groups is 1. The van der Waals surface area contributed by atoms with Gasteiger partial charge in [0, 0.05) is 17.3 Å². The molecule has 6 rings (SSSR count). The third-order valence-electron chi connectivity index (χ3n) is 8.93. The van der Waals surface area contributed by atoms with E-state index in [0.29, 0.717) is 27.5 Å². The van der Waals surface area contributed by atoms with Crippen molar-refractivity contribution >= 4 is 29.4 Å². The summed E-state index contributed by atoms with van der Waals surface area (Å²) in [6.45, 7) is 5.45. The number of benzene rings is 2. The molecule has 2 aromatic heterocycles. The van der Waals surface area contributed by atoms with Crippen LogP contribution in [-0.2, 0) is 19.9 Å². The van der Waals surface area contributed by atoms with Crippen molar-refractivity contribution in [1.82, 2.24) is 25.1 Å². The average Bonchev–Trinajstić information content (AvgIpc) is 3.55. The van der Waals surface area contributed by atoms with Crippen LogP contribution < -0.4 is 5.73 Å². The van der Waals surface area contributed by atoms with Crippen LogP contribution in [-0.4, -0.2) is 55.7 Å². The van der Waals surface area contributed by atoms with Crippen molar-refractivity contribution in [2.75, 3.05) is 6.61 Å². The molecule has 3 heterocycles. The maximum Gasteiger partial charge on any atom is 0.395 e. The lowest BCUT2D eigenvalue weighted by atomic mass is 9.75. The van der Waals surface area contributed by atoms with Gasteiger partial charge >= 0.3 is 12.1 Å². The molecule has 1 aliphatic heterocycles. The van der Waals surface area contributed by atoms with Crippen LogP contribution in [0.5, 0.6) is 0 Å². The number of hydrogen-bond acceptors (Lipinski definition) is 8. The predicted octanol–water partition coefficient (Wildman–Crippen LogP) is 6.99. The molecule has 1 saturated carbocycles. The van der Waals surface area contributed by atoms with E-state index in [0.717, 1.165) is 11.3 Å². The first kappa shape index (κ1) is 34.1. The van der Waals surface area contributed by atoms with Gasteiger partial charge in [0.05, 0.1) is 28.6 Å². The second-order valence-electron chi connectivity index (χ2n) is 13.8. The highest BCUT2D eigenvalue weighted by Crippen LogP contribution is 2.60. The Morgan fingerprint density at radius 1 is 1.08 bits per heavy atom. The first-order chi connectivity index (χ1) is 23.1. The molecule has 256 valence electrons. The summed E-state index contributed by atoms with van der Waals surface area (Å²) < 4.78 is 46.5. The Bertz CT molecular complexity index is 1870. The number of pyridine rings is 1. The summed E-state index contributed by atoms with van der Waals surface area (Å²) in [5, 5.41) is 6.95. The van der Waals surface area contributed by atoms with Crippen molar-refractivity contribution in [1.29, 1.82) is 0 Å². The van der Waals surface area contributed by atoms with E-state index in [9.17, 15) is 22.8 Å². The zero-order chi connectivity index (χ0) is 35.2. The minimum Gasteiger partial charge on any atom is -0.463 e. The van der Waals surface area contributed by atoms with Crippen molar-refractivity contribution in [2.24, 2.45) is 21.6 Å². The zero-order valence-electron chi connectivity index (χ0n) is 27.1. The number of ether oxygens (including phenoxy) is 1. The quantitative estimate of drug-likeness (QED) is 0.171. The topological polar surface area (TPSA) is 139 Å². The van der Waals surface area contributed by atoms with Gasteiger partial charge in [-0.25, -0.2) is 9.98 Å². The Hall–Kier alpha value is -4.78. The summed E-state index contributed by atoms with van der Waals surface area (Å²) in [5.41, 5.74) is 5.70. The molecule has 3 N–H and O–H groups in total. The first-order valence-electron chi connectivity index (χ1n) is 15.7. The van der Waals surface area contributed by atoms with Crippen molar-refractivity contribution in [3.63, 3.8) is 0 Å². The molecule has 1 amide bonds. The minimum atomic E-state index is -4.53. The summed E-state index contributed by atoms with van der Waals surface area (Å²) in [5.74, 6) is -1.30. The van der Waals surface area contributed by atoms with Gasteiger partial charge in [0.1, 0.15) is 12.9 Å². The number of guanidine groups is 1. The smallest absolute Gasteiger partial charge is 0.395 e.